The number of hydrogen-bond acceptors (Lipinski definition) is 7. The predicted octanol–water partition coefficient (Wildman–Crippen LogP) is 11.8. The van der Waals surface area contributed by atoms with Crippen LogP contribution in [0.1, 0.15) is 47.9 Å². The summed E-state index contributed by atoms with van der Waals surface area (Å²) in [6.07, 6.45) is 0. The topological polar surface area (TPSA) is 124 Å². The summed E-state index contributed by atoms with van der Waals surface area (Å²) in [6.45, 7) is 7.61. The molecule has 8 rings (SSSR count). The quantitative estimate of drug-likeness (QED) is 0.123. The lowest BCUT2D eigenvalue weighted by atomic mass is 9.84. The van der Waals surface area contributed by atoms with Gasteiger partial charge in [-0.1, -0.05) is 62.4 Å². The van der Waals surface area contributed by atoms with Gasteiger partial charge in [-0.3, -0.25) is 4.79 Å². The average molecular weight is 715 g/mol. The molecule has 0 saturated heterocycles. The van der Waals surface area contributed by atoms with Gasteiger partial charge < -0.3 is 29.3 Å². The van der Waals surface area contributed by atoms with Gasteiger partial charge in [-0.25, -0.2) is 0 Å². The molecule has 0 aliphatic rings. The van der Waals surface area contributed by atoms with Gasteiger partial charge in [-0.2, -0.15) is 0 Å². The number of aromatic hydroxyl groups is 4. The molecule has 268 valence electrons. The number of aryl methyl sites for hydroxylation is 2. The van der Waals surface area contributed by atoms with Gasteiger partial charge >= 0.3 is 0 Å². The number of carbonyl (C=O) groups is 1. The zero-order chi connectivity index (χ0) is 37.8. The molecule has 0 fully saturated rings. The van der Waals surface area contributed by atoms with Gasteiger partial charge in [0.1, 0.15) is 51.5 Å². The van der Waals surface area contributed by atoms with Crippen LogP contribution in [0.25, 0.3) is 66.8 Å². The van der Waals surface area contributed by atoms with E-state index in [1.165, 1.54) is 0 Å². The summed E-state index contributed by atoms with van der Waals surface area (Å²) in [5, 5.41) is 42.6. The van der Waals surface area contributed by atoms with E-state index in [1.54, 1.807) is 72.8 Å². The molecule has 7 nitrogen and oxygen atoms in total. The van der Waals surface area contributed by atoms with E-state index in [4.69, 9.17) is 8.83 Å². The Morgan fingerprint density at radius 2 is 0.870 bits per heavy atom. The minimum Gasteiger partial charge on any atom is -0.508 e. The van der Waals surface area contributed by atoms with E-state index < -0.39 is 11.8 Å². The van der Waals surface area contributed by atoms with E-state index in [-0.39, 0.29) is 28.8 Å². The van der Waals surface area contributed by atoms with Crippen LogP contribution < -0.4 is 0 Å². The predicted molar refractivity (Wildman–Crippen MR) is 212 cm³/mol. The fourth-order valence-electron chi connectivity index (χ4n) is 7.54. The minimum atomic E-state index is -0.462. The van der Waals surface area contributed by atoms with Crippen molar-refractivity contribution in [1.82, 2.24) is 0 Å². The molecule has 0 aliphatic carbocycles. The Morgan fingerprint density at radius 1 is 0.481 bits per heavy atom. The maximum Gasteiger partial charge on any atom is 0.147 e. The van der Waals surface area contributed by atoms with Crippen LogP contribution in [0, 0.1) is 13.8 Å². The summed E-state index contributed by atoms with van der Waals surface area (Å²) in [5.74, 6) is 0.851. The molecule has 8 aromatic rings. The zero-order valence-corrected chi connectivity index (χ0v) is 30.2. The van der Waals surface area contributed by atoms with E-state index in [1.807, 2.05) is 76.2 Å². The van der Waals surface area contributed by atoms with Crippen LogP contribution in [0.5, 0.6) is 23.0 Å². The Labute approximate surface area is 312 Å². The van der Waals surface area contributed by atoms with E-state index in [9.17, 15) is 25.2 Å². The molecular formula is C47H38O7. The van der Waals surface area contributed by atoms with Crippen LogP contribution in [-0.4, -0.2) is 26.2 Å². The molecular weight excluding hydrogens is 677 g/mol. The van der Waals surface area contributed by atoms with Crippen molar-refractivity contribution >= 4 is 27.7 Å². The number of phenols is 4. The third-order valence-corrected chi connectivity index (χ3v) is 10.4. The summed E-state index contributed by atoms with van der Waals surface area (Å²) in [6, 6.07) is 36.1. The molecule has 0 aliphatic heterocycles. The molecule has 7 heteroatoms. The third-order valence-electron chi connectivity index (χ3n) is 10.4. The van der Waals surface area contributed by atoms with E-state index in [0.717, 1.165) is 66.4 Å². The Bertz CT molecular complexity index is 2530. The van der Waals surface area contributed by atoms with Crippen LogP contribution in [0.4, 0.5) is 0 Å². The number of benzene rings is 6. The van der Waals surface area contributed by atoms with Gasteiger partial charge in [0, 0.05) is 44.9 Å². The molecule has 0 spiro atoms. The van der Waals surface area contributed by atoms with Crippen LogP contribution in [0.15, 0.2) is 130 Å². The van der Waals surface area contributed by atoms with Gasteiger partial charge in [0.15, 0.2) is 0 Å². The smallest absolute Gasteiger partial charge is 0.147 e. The fraction of sp³-hybridized carbons (Fsp3) is 0.128. The number of rotatable bonds is 8. The van der Waals surface area contributed by atoms with E-state index in [0.29, 0.717) is 22.7 Å². The summed E-state index contributed by atoms with van der Waals surface area (Å²) in [4.78, 5) is 14.3. The number of hydrogen-bond donors (Lipinski definition) is 4. The van der Waals surface area contributed by atoms with Gasteiger partial charge in [0.2, 0.25) is 0 Å². The van der Waals surface area contributed by atoms with Crippen LogP contribution in [-0.2, 0) is 4.79 Å². The van der Waals surface area contributed by atoms with Gasteiger partial charge in [-0.15, -0.1) is 0 Å². The standard InChI is InChI=1S/C47H38O7/c1-25-19-37(50)23-39-41(46(53-44(25)39)29-11-15-35(48)16-12-29)33-9-5-7-31(21-33)27(3)43(52)28(4)32-8-6-10-34(22-32)42-40-24-38(51)20-26(2)45(40)54-47(42)30-13-17-36(49)18-14-30/h5-24,27-28,48-51H,1-4H3. The molecule has 2 unspecified atom stereocenters. The average Bonchev–Trinajstić information content (AvgIpc) is 3.74. The second kappa shape index (κ2) is 13.4. The maximum absolute atomic E-state index is 14.3. The largest absolute Gasteiger partial charge is 0.508 e. The lowest BCUT2D eigenvalue weighted by molar-refractivity contribution is -0.121. The first-order valence-electron chi connectivity index (χ1n) is 17.8. The monoisotopic (exact) mass is 714 g/mol. The molecule has 0 radical (unpaired) electrons. The Kier molecular flexibility index (Phi) is 8.50. The summed E-state index contributed by atoms with van der Waals surface area (Å²) < 4.78 is 12.9. The maximum atomic E-state index is 14.3. The lowest BCUT2D eigenvalue weighted by Crippen LogP contribution is -2.16. The summed E-state index contributed by atoms with van der Waals surface area (Å²) in [5.41, 5.74) is 9.34. The van der Waals surface area contributed by atoms with E-state index >= 15 is 0 Å². The molecule has 0 bridgehead atoms. The molecule has 0 amide bonds. The second-order valence-electron chi connectivity index (χ2n) is 14.1. The normalized spacial score (nSPS) is 12.7. The SMILES string of the molecule is Cc1cc(O)cc2c(-c3cccc(C(C)C(=O)C(C)c4cccc(-c5c(-c6ccc(O)cc6)oc6c(C)cc(O)cc56)c4)c3)c(-c3ccc(O)cc3)oc12. The van der Waals surface area contributed by atoms with Crippen molar-refractivity contribution in [2.75, 3.05) is 0 Å². The van der Waals surface area contributed by atoms with Crippen LogP contribution in [0.2, 0.25) is 0 Å². The number of Topliss-reactive ketones (excluding diaryl/α,β-unsaturated/α-hetero) is 1. The molecule has 6 aromatic carbocycles. The molecule has 2 heterocycles. The Morgan fingerprint density at radius 3 is 1.26 bits per heavy atom. The molecule has 54 heavy (non-hydrogen) atoms. The molecule has 2 aromatic heterocycles. The summed E-state index contributed by atoms with van der Waals surface area (Å²) >= 11 is 0. The second-order valence-corrected chi connectivity index (χ2v) is 14.1. The molecule has 2 atom stereocenters. The number of furan rings is 2. The minimum absolute atomic E-state index is 0.0397. The first-order chi connectivity index (χ1) is 26.0. The third kappa shape index (κ3) is 6.03. The molecule has 4 N–H and O–H groups in total. The van der Waals surface area contributed by atoms with E-state index in [2.05, 4.69) is 0 Å². The fourth-order valence-corrected chi connectivity index (χ4v) is 7.54. The van der Waals surface area contributed by atoms with Crippen LogP contribution >= 0.6 is 0 Å². The highest BCUT2D eigenvalue weighted by Crippen LogP contribution is 2.46. The Balaban J connectivity index is 1.17. The van der Waals surface area contributed by atoms with Crippen LogP contribution in [0.3, 0.4) is 0 Å². The van der Waals surface area contributed by atoms with Crippen molar-refractivity contribution in [3.05, 3.63) is 144 Å². The number of fused-ring (bicyclic) bond motifs is 2. The number of carbonyl (C=O) groups excluding carboxylic acids is 1. The van der Waals surface area contributed by atoms with Crippen molar-refractivity contribution in [2.24, 2.45) is 0 Å². The van der Waals surface area contributed by atoms with Crippen molar-refractivity contribution < 1.29 is 34.1 Å². The first-order valence-corrected chi connectivity index (χ1v) is 17.8. The highest BCUT2D eigenvalue weighted by molar-refractivity contribution is 6.05. The van der Waals surface area contributed by atoms with Crippen molar-refractivity contribution in [1.29, 1.82) is 0 Å². The van der Waals surface area contributed by atoms with Crippen molar-refractivity contribution in [3.63, 3.8) is 0 Å². The number of phenolic OH excluding ortho intramolecular Hbond substituents is 4. The molecule has 0 saturated carbocycles. The van der Waals surface area contributed by atoms with Crippen molar-refractivity contribution in [2.45, 2.75) is 39.5 Å². The van der Waals surface area contributed by atoms with Crippen molar-refractivity contribution in [3.8, 4) is 67.9 Å². The van der Waals surface area contributed by atoms with Gasteiger partial charge in [0.05, 0.1) is 0 Å². The number of ketones is 1. The highest BCUT2D eigenvalue weighted by Gasteiger charge is 2.27. The first kappa shape index (κ1) is 34.4. The highest BCUT2D eigenvalue weighted by atomic mass is 16.3. The van der Waals surface area contributed by atoms with Gasteiger partial charge in [0.25, 0.3) is 0 Å². The lowest BCUT2D eigenvalue weighted by Gasteiger charge is -2.19. The Hall–Kier alpha value is -6.73. The summed E-state index contributed by atoms with van der Waals surface area (Å²) in [7, 11) is 0. The van der Waals surface area contributed by atoms with Gasteiger partial charge in [-0.05, 0) is 120 Å². The zero-order valence-electron chi connectivity index (χ0n) is 30.2.